The standard InChI is InChI=1S/C18H20N6OS/c1-19-18-22-10-15(26-18)13-3-2-12-9-21-16(8-14(12)23-13)24-17(25)11-4-6-20-7-5-11/h2-3,8-11,20H,4-7H2,1H3,(H,19,22)(H,21,24,25). The highest BCUT2D eigenvalue weighted by Crippen LogP contribution is 2.29. The van der Waals surface area contributed by atoms with Crippen LogP contribution in [0.4, 0.5) is 10.9 Å². The van der Waals surface area contributed by atoms with Gasteiger partial charge in [0.05, 0.1) is 16.1 Å². The molecule has 1 aliphatic heterocycles. The molecule has 7 nitrogen and oxygen atoms in total. The second kappa shape index (κ2) is 7.35. The van der Waals surface area contributed by atoms with Gasteiger partial charge in [0.2, 0.25) is 5.91 Å². The second-order valence-corrected chi connectivity index (χ2v) is 7.28. The van der Waals surface area contributed by atoms with Crippen molar-refractivity contribution in [1.82, 2.24) is 20.3 Å². The lowest BCUT2D eigenvalue weighted by atomic mass is 9.97. The molecular weight excluding hydrogens is 348 g/mol. The van der Waals surface area contributed by atoms with Crippen molar-refractivity contribution in [2.24, 2.45) is 5.92 Å². The number of rotatable bonds is 4. The average Bonchev–Trinajstić information content (AvgIpc) is 3.17. The number of hydrogen-bond donors (Lipinski definition) is 3. The third-order valence-electron chi connectivity index (χ3n) is 4.51. The largest absolute Gasteiger partial charge is 0.365 e. The minimum atomic E-state index is 0.0376. The van der Waals surface area contributed by atoms with Crippen molar-refractivity contribution in [3.63, 3.8) is 0 Å². The SMILES string of the molecule is CNc1ncc(-c2ccc3cnc(NC(=O)C4CCNCC4)cc3n2)s1. The predicted octanol–water partition coefficient (Wildman–Crippen LogP) is 2.73. The summed E-state index contributed by atoms with van der Waals surface area (Å²) in [6.45, 7) is 1.77. The van der Waals surface area contributed by atoms with E-state index in [1.807, 2.05) is 31.4 Å². The Balaban J connectivity index is 1.58. The molecule has 0 radical (unpaired) electrons. The average molecular weight is 368 g/mol. The Hall–Kier alpha value is -2.58. The highest BCUT2D eigenvalue weighted by atomic mass is 32.1. The Morgan fingerprint density at radius 2 is 2.08 bits per heavy atom. The number of piperidine rings is 1. The maximum Gasteiger partial charge on any atom is 0.228 e. The van der Waals surface area contributed by atoms with Crippen molar-refractivity contribution in [2.75, 3.05) is 30.8 Å². The van der Waals surface area contributed by atoms with Crippen LogP contribution in [-0.4, -0.2) is 41.0 Å². The summed E-state index contributed by atoms with van der Waals surface area (Å²) in [5.41, 5.74) is 1.66. The lowest BCUT2D eigenvalue weighted by molar-refractivity contribution is -0.120. The zero-order valence-corrected chi connectivity index (χ0v) is 15.3. The van der Waals surface area contributed by atoms with Crippen molar-refractivity contribution in [3.05, 3.63) is 30.6 Å². The van der Waals surface area contributed by atoms with Gasteiger partial charge in [0.1, 0.15) is 5.82 Å². The molecule has 3 aromatic heterocycles. The van der Waals surface area contributed by atoms with Gasteiger partial charge in [-0.15, -0.1) is 0 Å². The van der Waals surface area contributed by atoms with E-state index >= 15 is 0 Å². The van der Waals surface area contributed by atoms with Gasteiger partial charge in [-0.3, -0.25) is 4.79 Å². The third-order valence-corrected chi connectivity index (χ3v) is 5.54. The molecule has 1 aliphatic rings. The molecule has 0 aromatic carbocycles. The summed E-state index contributed by atoms with van der Waals surface area (Å²) in [5.74, 6) is 0.631. The van der Waals surface area contributed by atoms with Crippen molar-refractivity contribution >= 4 is 39.1 Å². The number of fused-ring (bicyclic) bond motifs is 1. The first-order valence-electron chi connectivity index (χ1n) is 8.65. The van der Waals surface area contributed by atoms with E-state index in [2.05, 4.69) is 25.9 Å². The Morgan fingerprint density at radius 3 is 2.85 bits per heavy atom. The van der Waals surface area contributed by atoms with Gasteiger partial charge in [-0.2, -0.15) is 0 Å². The van der Waals surface area contributed by atoms with E-state index in [1.54, 1.807) is 17.5 Å². The molecule has 1 fully saturated rings. The smallest absolute Gasteiger partial charge is 0.228 e. The number of carbonyl (C=O) groups excluding carboxylic acids is 1. The van der Waals surface area contributed by atoms with Crippen molar-refractivity contribution < 1.29 is 4.79 Å². The molecule has 0 unspecified atom stereocenters. The molecule has 1 amide bonds. The molecule has 134 valence electrons. The number of anilines is 2. The Kier molecular flexibility index (Phi) is 4.77. The molecule has 4 heterocycles. The van der Waals surface area contributed by atoms with Crippen molar-refractivity contribution in [1.29, 1.82) is 0 Å². The number of amides is 1. The van der Waals surface area contributed by atoms with Crippen LogP contribution in [0.2, 0.25) is 0 Å². The zero-order valence-electron chi connectivity index (χ0n) is 14.5. The molecule has 1 saturated heterocycles. The minimum Gasteiger partial charge on any atom is -0.365 e. The lowest BCUT2D eigenvalue weighted by Gasteiger charge is -2.21. The van der Waals surface area contributed by atoms with E-state index < -0.39 is 0 Å². The van der Waals surface area contributed by atoms with E-state index in [4.69, 9.17) is 4.98 Å². The van der Waals surface area contributed by atoms with E-state index in [9.17, 15) is 4.79 Å². The van der Waals surface area contributed by atoms with E-state index in [1.165, 1.54) is 0 Å². The molecule has 3 N–H and O–H groups in total. The first kappa shape index (κ1) is 16.9. The molecular formula is C18H20N6OS. The molecule has 3 aromatic rings. The number of thiazole rings is 1. The Labute approximate surface area is 155 Å². The van der Waals surface area contributed by atoms with Crippen molar-refractivity contribution in [2.45, 2.75) is 12.8 Å². The number of aromatic nitrogens is 3. The van der Waals surface area contributed by atoms with Crippen LogP contribution in [0.3, 0.4) is 0 Å². The zero-order chi connectivity index (χ0) is 17.9. The lowest BCUT2D eigenvalue weighted by Crippen LogP contribution is -2.34. The van der Waals surface area contributed by atoms with Gasteiger partial charge in [-0.25, -0.2) is 15.0 Å². The van der Waals surface area contributed by atoms with Crippen LogP contribution < -0.4 is 16.0 Å². The first-order chi connectivity index (χ1) is 12.7. The van der Waals surface area contributed by atoms with Gasteiger partial charge in [0, 0.05) is 36.8 Å². The summed E-state index contributed by atoms with van der Waals surface area (Å²) < 4.78 is 0. The Bertz CT molecular complexity index is 934. The molecule has 8 heteroatoms. The molecule has 4 rings (SSSR count). The number of pyridine rings is 2. The van der Waals surface area contributed by atoms with Gasteiger partial charge in [-0.1, -0.05) is 11.3 Å². The van der Waals surface area contributed by atoms with Gasteiger partial charge >= 0.3 is 0 Å². The quantitative estimate of drug-likeness (QED) is 0.656. The fourth-order valence-corrected chi connectivity index (χ4v) is 3.78. The molecule has 0 atom stereocenters. The van der Waals surface area contributed by atoms with Crippen LogP contribution in [0.15, 0.2) is 30.6 Å². The fraction of sp³-hybridized carbons (Fsp3) is 0.333. The van der Waals surface area contributed by atoms with Gasteiger partial charge in [0.15, 0.2) is 5.13 Å². The molecule has 0 spiro atoms. The molecule has 0 saturated carbocycles. The monoisotopic (exact) mass is 368 g/mol. The topological polar surface area (TPSA) is 91.8 Å². The number of hydrogen-bond acceptors (Lipinski definition) is 7. The summed E-state index contributed by atoms with van der Waals surface area (Å²) >= 11 is 1.55. The van der Waals surface area contributed by atoms with Crippen LogP contribution in [0.1, 0.15) is 12.8 Å². The minimum absolute atomic E-state index is 0.0376. The van der Waals surface area contributed by atoms with E-state index in [0.717, 1.165) is 52.5 Å². The highest BCUT2D eigenvalue weighted by Gasteiger charge is 2.21. The number of nitrogens with one attached hydrogen (secondary N) is 3. The summed E-state index contributed by atoms with van der Waals surface area (Å²) in [4.78, 5) is 26.8. The molecule has 0 bridgehead atoms. The Morgan fingerprint density at radius 1 is 1.23 bits per heavy atom. The van der Waals surface area contributed by atoms with Crippen LogP contribution in [-0.2, 0) is 4.79 Å². The van der Waals surface area contributed by atoms with E-state index in [-0.39, 0.29) is 11.8 Å². The third kappa shape index (κ3) is 3.51. The van der Waals surface area contributed by atoms with Crippen LogP contribution in [0, 0.1) is 5.92 Å². The highest BCUT2D eigenvalue weighted by molar-refractivity contribution is 7.18. The summed E-state index contributed by atoms with van der Waals surface area (Å²) in [7, 11) is 1.85. The van der Waals surface area contributed by atoms with E-state index in [0.29, 0.717) is 5.82 Å². The van der Waals surface area contributed by atoms with Crippen LogP contribution in [0.25, 0.3) is 21.5 Å². The number of carbonyl (C=O) groups is 1. The molecule has 0 aliphatic carbocycles. The normalized spacial score (nSPS) is 15.1. The fourth-order valence-electron chi connectivity index (χ4n) is 3.04. The van der Waals surface area contributed by atoms with Gasteiger partial charge < -0.3 is 16.0 Å². The predicted molar refractivity (Wildman–Crippen MR) is 104 cm³/mol. The summed E-state index contributed by atoms with van der Waals surface area (Å²) in [5, 5.41) is 11.0. The van der Waals surface area contributed by atoms with Gasteiger partial charge in [-0.05, 0) is 38.1 Å². The molecule has 26 heavy (non-hydrogen) atoms. The number of nitrogens with zero attached hydrogens (tertiary/aromatic N) is 3. The summed E-state index contributed by atoms with van der Waals surface area (Å²) in [6, 6.07) is 5.78. The van der Waals surface area contributed by atoms with Gasteiger partial charge in [0.25, 0.3) is 0 Å². The summed E-state index contributed by atoms with van der Waals surface area (Å²) in [6.07, 6.45) is 5.28. The second-order valence-electron chi connectivity index (χ2n) is 6.25. The maximum atomic E-state index is 12.4. The van der Waals surface area contributed by atoms with Crippen molar-refractivity contribution in [3.8, 4) is 10.6 Å². The maximum absolute atomic E-state index is 12.4. The van der Waals surface area contributed by atoms with Crippen LogP contribution >= 0.6 is 11.3 Å². The first-order valence-corrected chi connectivity index (χ1v) is 9.47. The van der Waals surface area contributed by atoms with Crippen LogP contribution in [0.5, 0.6) is 0 Å².